The van der Waals surface area contributed by atoms with Gasteiger partial charge in [0.1, 0.15) is 0 Å². The van der Waals surface area contributed by atoms with Crippen molar-refractivity contribution >= 4 is 0 Å². The maximum atomic E-state index is 5.33. The molecule has 0 aliphatic carbocycles. The van der Waals surface area contributed by atoms with E-state index >= 15 is 0 Å². The molecule has 1 N–H and O–H groups in total. The highest BCUT2D eigenvalue weighted by Gasteiger charge is 2.02. The van der Waals surface area contributed by atoms with Crippen LogP contribution in [-0.4, -0.2) is 29.0 Å². The van der Waals surface area contributed by atoms with Crippen molar-refractivity contribution in [3.63, 3.8) is 0 Å². The number of rotatable bonds is 7. The Hall–Kier alpha value is -0.870. The Morgan fingerprint density at radius 3 is 2.93 bits per heavy atom. The van der Waals surface area contributed by atoms with Gasteiger partial charge in [0.25, 0.3) is 0 Å². The normalized spacial score (nSPS) is 13.0. The van der Waals surface area contributed by atoms with Crippen LogP contribution in [0.25, 0.3) is 0 Å². The number of nitrogens with one attached hydrogen (secondary N) is 1. The van der Waals surface area contributed by atoms with Crippen molar-refractivity contribution < 1.29 is 4.74 Å². The van der Waals surface area contributed by atoms with Gasteiger partial charge in [-0.05, 0) is 20.8 Å². The monoisotopic (exact) mass is 211 g/mol. The van der Waals surface area contributed by atoms with Gasteiger partial charge in [0.05, 0.1) is 12.8 Å². The smallest absolute Gasteiger partial charge is 0.0616 e. The number of aryl methyl sites for hydroxylation is 1. The van der Waals surface area contributed by atoms with E-state index in [4.69, 9.17) is 4.74 Å². The third kappa shape index (κ3) is 4.44. The number of ether oxygens (including phenoxy) is 1. The van der Waals surface area contributed by atoms with Crippen molar-refractivity contribution in [3.05, 3.63) is 18.0 Å². The van der Waals surface area contributed by atoms with Gasteiger partial charge in [-0.15, -0.1) is 0 Å². The van der Waals surface area contributed by atoms with Crippen LogP contribution in [0.2, 0.25) is 0 Å². The van der Waals surface area contributed by atoms with Crippen LogP contribution in [0.3, 0.4) is 0 Å². The summed E-state index contributed by atoms with van der Waals surface area (Å²) in [5, 5.41) is 7.61. The number of aromatic nitrogens is 2. The van der Waals surface area contributed by atoms with Gasteiger partial charge in [-0.2, -0.15) is 5.10 Å². The van der Waals surface area contributed by atoms with Crippen LogP contribution in [0.1, 0.15) is 26.3 Å². The fraction of sp³-hybridized carbons (Fsp3) is 0.727. The lowest BCUT2D eigenvalue weighted by molar-refractivity contribution is 0.127. The topological polar surface area (TPSA) is 39.1 Å². The lowest BCUT2D eigenvalue weighted by Gasteiger charge is -2.12. The van der Waals surface area contributed by atoms with Crippen LogP contribution < -0.4 is 5.32 Å². The zero-order valence-electron chi connectivity index (χ0n) is 9.86. The molecule has 1 unspecified atom stereocenters. The molecule has 0 fully saturated rings. The standard InChI is InChI=1S/C11H21N3O/c1-4-14-8-11(7-13-14)6-12-10(3)9-15-5-2/h7-8,10,12H,4-6,9H2,1-3H3. The Morgan fingerprint density at radius 2 is 2.33 bits per heavy atom. The van der Waals surface area contributed by atoms with Gasteiger partial charge in [-0.25, -0.2) is 0 Å². The summed E-state index contributed by atoms with van der Waals surface area (Å²) >= 11 is 0. The maximum absolute atomic E-state index is 5.33. The van der Waals surface area contributed by atoms with Crippen molar-refractivity contribution in [1.29, 1.82) is 0 Å². The molecule has 0 aromatic carbocycles. The molecule has 86 valence electrons. The molecule has 4 heteroatoms. The fourth-order valence-electron chi connectivity index (χ4n) is 1.32. The molecule has 15 heavy (non-hydrogen) atoms. The van der Waals surface area contributed by atoms with E-state index in [9.17, 15) is 0 Å². The summed E-state index contributed by atoms with van der Waals surface area (Å²) in [7, 11) is 0. The first-order valence-electron chi connectivity index (χ1n) is 5.58. The third-order valence-electron chi connectivity index (χ3n) is 2.24. The van der Waals surface area contributed by atoms with E-state index in [0.29, 0.717) is 6.04 Å². The SMILES string of the molecule is CCOCC(C)NCc1cnn(CC)c1. The van der Waals surface area contributed by atoms with Crippen molar-refractivity contribution in [3.8, 4) is 0 Å². The van der Waals surface area contributed by atoms with Crippen LogP contribution in [0.15, 0.2) is 12.4 Å². The minimum atomic E-state index is 0.384. The van der Waals surface area contributed by atoms with Crippen molar-refractivity contribution in [1.82, 2.24) is 15.1 Å². The molecule has 0 aliphatic heterocycles. The summed E-state index contributed by atoms with van der Waals surface area (Å²) in [5.74, 6) is 0. The van der Waals surface area contributed by atoms with Crippen molar-refractivity contribution in [2.75, 3.05) is 13.2 Å². The molecular weight excluding hydrogens is 190 g/mol. The number of hydrogen-bond acceptors (Lipinski definition) is 3. The van der Waals surface area contributed by atoms with Crippen LogP contribution in [0.4, 0.5) is 0 Å². The molecule has 4 nitrogen and oxygen atoms in total. The lowest BCUT2D eigenvalue weighted by Crippen LogP contribution is -2.29. The zero-order valence-corrected chi connectivity index (χ0v) is 9.86. The van der Waals surface area contributed by atoms with E-state index in [0.717, 1.165) is 26.3 Å². The van der Waals surface area contributed by atoms with Gasteiger partial charge in [-0.3, -0.25) is 4.68 Å². The summed E-state index contributed by atoms with van der Waals surface area (Å²) < 4.78 is 7.26. The molecule has 0 radical (unpaired) electrons. The Bertz CT molecular complexity index is 273. The highest BCUT2D eigenvalue weighted by Crippen LogP contribution is 1.98. The highest BCUT2D eigenvalue weighted by atomic mass is 16.5. The summed E-state index contributed by atoms with van der Waals surface area (Å²) in [5.41, 5.74) is 1.22. The maximum Gasteiger partial charge on any atom is 0.0616 e. The lowest BCUT2D eigenvalue weighted by atomic mass is 10.3. The van der Waals surface area contributed by atoms with E-state index in [1.165, 1.54) is 5.56 Å². The molecule has 1 aromatic heterocycles. The van der Waals surface area contributed by atoms with E-state index in [1.54, 1.807) is 0 Å². The average molecular weight is 211 g/mol. The average Bonchev–Trinajstić information content (AvgIpc) is 2.71. The van der Waals surface area contributed by atoms with Crippen molar-refractivity contribution in [2.24, 2.45) is 0 Å². The second kappa shape index (κ2) is 6.58. The fourth-order valence-corrected chi connectivity index (χ4v) is 1.32. The van der Waals surface area contributed by atoms with Gasteiger partial charge in [0.2, 0.25) is 0 Å². The molecule has 0 bridgehead atoms. The zero-order chi connectivity index (χ0) is 11.1. The Morgan fingerprint density at radius 1 is 1.53 bits per heavy atom. The molecule has 1 aromatic rings. The van der Waals surface area contributed by atoms with Crippen LogP contribution in [-0.2, 0) is 17.8 Å². The molecule has 0 spiro atoms. The van der Waals surface area contributed by atoms with Crippen LogP contribution in [0.5, 0.6) is 0 Å². The first-order chi connectivity index (χ1) is 7.26. The summed E-state index contributed by atoms with van der Waals surface area (Å²) in [6, 6.07) is 0.384. The quantitative estimate of drug-likeness (QED) is 0.741. The van der Waals surface area contributed by atoms with Gasteiger partial charge in [-0.1, -0.05) is 0 Å². The second-order valence-corrected chi connectivity index (χ2v) is 3.65. The largest absolute Gasteiger partial charge is 0.380 e. The third-order valence-corrected chi connectivity index (χ3v) is 2.24. The van der Waals surface area contributed by atoms with Gasteiger partial charge >= 0.3 is 0 Å². The predicted octanol–water partition coefficient (Wildman–Crippen LogP) is 1.42. The Labute approximate surface area is 91.6 Å². The molecule has 0 amide bonds. The molecule has 1 rings (SSSR count). The molecule has 0 saturated carbocycles. The second-order valence-electron chi connectivity index (χ2n) is 3.65. The summed E-state index contributed by atoms with van der Waals surface area (Å²) in [6.07, 6.45) is 3.98. The molecule has 0 aliphatic rings. The van der Waals surface area contributed by atoms with Gasteiger partial charge < -0.3 is 10.1 Å². The van der Waals surface area contributed by atoms with Crippen LogP contribution in [0, 0.1) is 0 Å². The first kappa shape index (κ1) is 12.2. The van der Waals surface area contributed by atoms with E-state index in [1.807, 2.05) is 17.8 Å². The summed E-state index contributed by atoms with van der Waals surface area (Å²) in [4.78, 5) is 0. The number of hydrogen-bond donors (Lipinski definition) is 1. The molecule has 0 saturated heterocycles. The summed E-state index contributed by atoms with van der Waals surface area (Å²) in [6.45, 7) is 9.54. The van der Waals surface area contributed by atoms with Gasteiger partial charge in [0, 0.05) is 37.5 Å². The number of nitrogens with zero attached hydrogens (tertiary/aromatic N) is 2. The Kier molecular flexibility index (Phi) is 5.36. The molecular formula is C11H21N3O. The first-order valence-corrected chi connectivity index (χ1v) is 5.58. The molecule has 1 atom stereocenters. The minimum absolute atomic E-state index is 0.384. The van der Waals surface area contributed by atoms with E-state index in [2.05, 4.69) is 30.5 Å². The molecule has 1 heterocycles. The van der Waals surface area contributed by atoms with E-state index in [-0.39, 0.29) is 0 Å². The van der Waals surface area contributed by atoms with Gasteiger partial charge in [0.15, 0.2) is 0 Å². The van der Waals surface area contributed by atoms with E-state index < -0.39 is 0 Å². The minimum Gasteiger partial charge on any atom is -0.380 e. The predicted molar refractivity (Wildman–Crippen MR) is 60.7 cm³/mol. The van der Waals surface area contributed by atoms with Crippen LogP contribution >= 0.6 is 0 Å². The Balaban J connectivity index is 2.24. The van der Waals surface area contributed by atoms with Crippen molar-refractivity contribution in [2.45, 2.75) is 39.9 Å². The highest BCUT2D eigenvalue weighted by molar-refractivity contribution is 5.03.